The molecular formula is C36H54N10. The average molecular weight is 627 g/mol. The molecule has 0 aliphatic rings. The fourth-order valence-corrected chi connectivity index (χ4v) is 6.24. The summed E-state index contributed by atoms with van der Waals surface area (Å²) in [6.07, 6.45) is 0. The highest BCUT2D eigenvalue weighted by atomic mass is 15.2. The third-order valence-corrected chi connectivity index (χ3v) is 7.85. The number of aryl methyl sites for hydroxylation is 9. The largest absolute Gasteiger partial charge is 0.326 e. The Bertz CT molecular complexity index is 1760. The molecule has 10 nitrogen and oxygen atoms in total. The predicted molar refractivity (Wildman–Crippen MR) is 191 cm³/mol. The fraction of sp³-hybridized carbons (Fsp3) is 0.528. The van der Waals surface area contributed by atoms with Crippen LogP contribution in [-0.4, -0.2) is 48.6 Å². The van der Waals surface area contributed by atoms with Crippen molar-refractivity contribution in [1.82, 2.24) is 48.6 Å². The lowest BCUT2D eigenvalue weighted by atomic mass is 10.2. The molecule has 0 N–H and O–H groups in total. The molecular weight excluding hydrogens is 572 g/mol. The average Bonchev–Trinajstić information content (AvgIpc) is 3.54. The van der Waals surface area contributed by atoms with Crippen LogP contribution in [0.15, 0.2) is 12.1 Å². The highest BCUT2D eigenvalue weighted by Gasteiger charge is 2.15. The van der Waals surface area contributed by atoms with Crippen molar-refractivity contribution < 1.29 is 0 Å². The number of rotatable bonds is 3. The number of imidazole rings is 3. The number of pyridine rings is 2. The fourth-order valence-electron chi connectivity index (χ4n) is 6.24. The second kappa shape index (κ2) is 14.1. The Hall–Kier alpha value is -4.21. The number of aromatic nitrogens is 10. The van der Waals surface area contributed by atoms with Crippen LogP contribution in [0.3, 0.4) is 0 Å². The molecule has 6 heterocycles. The molecule has 0 unspecified atom stereocenters. The van der Waals surface area contributed by atoms with Gasteiger partial charge in [-0.1, -0.05) is 7.43 Å². The van der Waals surface area contributed by atoms with Crippen LogP contribution in [0.2, 0.25) is 0 Å². The third kappa shape index (κ3) is 7.11. The highest BCUT2D eigenvalue weighted by Crippen LogP contribution is 2.24. The molecule has 0 aliphatic heterocycles. The van der Waals surface area contributed by atoms with E-state index in [0.29, 0.717) is 18.1 Å². The van der Waals surface area contributed by atoms with Crippen molar-refractivity contribution in [2.24, 2.45) is 0 Å². The minimum Gasteiger partial charge on any atom is -0.326 e. The maximum atomic E-state index is 4.58. The molecule has 6 aromatic heterocycles. The van der Waals surface area contributed by atoms with Crippen LogP contribution >= 0.6 is 0 Å². The van der Waals surface area contributed by atoms with Gasteiger partial charge in [-0.3, -0.25) is 4.98 Å². The predicted octanol–water partition coefficient (Wildman–Crippen LogP) is 8.84. The summed E-state index contributed by atoms with van der Waals surface area (Å²) >= 11 is 0. The molecule has 0 aliphatic carbocycles. The molecule has 0 radical (unpaired) electrons. The second-order valence-electron chi connectivity index (χ2n) is 12.9. The summed E-state index contributed by atoms with van der Waals surface area (Å²) in [6.45, 7) is 31.1. The molecule has 0 fully saturated rings. The van der Waals surface area contributed by atoms with E-state index in [1.54, 1.807) is 0 Å². The molecule has 0 bridgehead atoms. The van der Waals surface area contributed by atoms with E-state index in [-0.39, 0.29) is 7.43 Å². The Morgan fingerprint density at radius 2 is 0.891 bits per heavy atom. The number of nitrogens with zero attached hydrogens (tertiary/aromatic N) is 10. The first-order valence-electron chi connectivity index (χ1n) is 15.9. The van der Waals surface area contributed by atoms with Gasteiger partial charge in [-0.15, -0.1) is 0 Å². The third-order valence-electron chi connectivity index (χ3n) is 7.85. The lowest BCUT2D eigenvalue weighted by Gasteiger charge is -2.10. The molecule has 0 saturated carbocycles. The van der Waals surface area contributed by atoms with Crippen molar-refractivity contribution in [1.29, 1.82) is 0 Å². The normalized spacial score (nSPS) is 11.3. The summed E-state index contributed by atoms with van der Waals surface area (Å²) in [5.41, 5.74) is 11.5. The summed E-state index contributed by atoms with van der Waals surface area (Å²) in [7, 11) is 0. The molecule has 0 saturated heterocycles. The van der Waals surface area contributed by atoms with Crippen LogP contribution in [0.4, 0.5) is 0 Å². The molecule has 0 aromatic carbocycles. The Labute approximate surface area is 274 Å². The SMILES string of the molecule is C.Cc1cc(C)c2nc(C)n(C(C)C)c2n1.Cc1cc2c(nc(C)n2C(C)C)c(C)n1.Cc1nc(C)c2nc(C)n(C(C)C)c2n1. The smallest absolute Gasteiger partial charge is 0.164 e. The van der Waals surface area contributed by atoms with E-state index in [4.69, 9.17) is 0 Å². The lowest BCUT2D eigenvalue weighted by molar-refractivity contribution is 0.594. The van der Waals surface area contributed by atoms with Gasteiger partial charge in [-0.2, -0.15) is 0 Å². The maximum absolute atomic E-state index is 4.58. The molecule has 6 aromatic rings. The number of hydrogen-bond donors (Lipinski definition) is 0. The molecule has 10 heteroatoms. The van der Waals surface area contributed by atoms with Crippen molar-refractivity contribution in [3.8, 4) is 0 Å². The van der Waals surface area contributed by atoms with Crippen molar-refractivity contribution in [2.75, 3.05) is 0 Å². The van der Waals surface area contributed by atoms with Gasteiger partial charge in [-0.05, 0) is 122 Å². The number of fused-ring (bicyclic) bond motifs is 3. The van der Waals surface area contributed by atoms with E-state index >= 15 is 0 Å². The minimum atomic E-state index is 0. The molecule has 0 amide bonds. The van der Waals surface area contributed by atoms with Gasteiger partial charge in [0.1, 0.15) is 39.8 Å². The first-order chi connectivity index (χ1) is 21.0. The van der Waals surface area contributed by atoms with Crippen LogP contribution in [0.25, 0.3) is 33.4 Å². The Kier molecular flexibility index (Phi) is 11.1. The first-order valence-corrected chi connectivity index (χ1v) is 15.9. The molecule has 0 atom stereocenters. The zero-order chi connectivity index (χ0) is 33.5. The highest BCUT2D eigenvalue weighted by molar-refractivity contribution is 5.79. The van der Waals surface area contributed by atoms with E-state index < -0.39 is 0 Å². The van der Waals surface area contributed by atoms with E-state index in [9.17, 15) is 0 Å². The van der Waals surface area contributed by atoms with Gasteiger partial charge in [0.25, 0.3) is 0 Å². The molecule has 0 spiro atoms. The second-order valence-corrected chi connectivity index (χ2v) is 12.9. The van der Waals surface area contributed by atoms with Gasteiger partial charge in [0.15, 0.2) is 11.3 Å². The summed E-state index contributed by atoms with van der Waals surface area (Å²) in [4.78, 5) is 31.5. The van der Waals surface area contributed by atoms with Gasteiger partial charge in [-0.25, -0.2) is 29.9 Å². The molecule has 6 rings (SSSR count). The lowest BCUT2D eigenvalue weighted by Crippen LogP contribution is -2.04. The van der Waals surface area contributed by atoms with Gasteiger partial charge in [0.05, 0.1) is 16.9 Å². The molecule has 46 heavy (non-hydrogen) atoms. The van der Waals surface area contributed by atoms with Gasteiger partial charge in [0.2, 0.25) is 0 Å². The first kappa shape index (κ1) is 36.3. The van der Waals surface area contributed by atoms with Gasteiger partial charge in [0, 0.05) is 29.5 Å². The molecule has 248 valence electrons. The van der Waals surface area contributed by atoms with E-state index in [0.717, 1.165) is 73.9 Å². The van der Waals surface area contributed by atoms with Crippen molar-refractivity contribution in [3.05, 3.63) is 63.8 Å². The van der Waals surface area contributed by atoms with Gasteiger partial charge < -0.3 is 13.7 Å². The standard InChI is InChI=1S/2C12H17N3.C11H16N4.CH4/c1-7(2)15-10(5)14-12-9(4)13-8(3)6-11(12)15;1-7(2)15-10(5)14-11-8(3)6-9(4)13-12(11)15;1-6(2)15-9(5)14-10-7(3)12-8(4)13-11(10)15;/h2*6-7H,1-5H3;6H,1-5H3;1H4. The van der Waals surface area contributed by atoms with Crippen LogP contribution in [0.5, 0.6) is 0 Å². The Morgan fingerprint density at radius 3 is 1.43 bits per heavy atom. The zero-order valence-corrected chi connectivity index (χ0v) is 29.9. The van der Waals surface area contributed by atoms with Crippen molar-refractivity contribution in [3.63, 3.8) is 0 Å². The monoisotopic (exact) mass is 626 g/mol. The van der Waals surface area contributed by atoms with E-state index in [2.05, 4.69) is 116 Å². The topological polar surface area (TPSA) is 105 Å². The Balaban J connectivity index is 0.000000186. The zero-order valence-electron chi connectivity index (χ0n) is 29.9. The van der Waals surface area contributed by atoms with Crippen LogP contribution in [-0.2, 0) is 0 Å². The summed E-state index contributed by atoms with van der Waals surface area (Å²) in [6, 6.07) is 5.42. The van der Waals surface area contributed by atoms with E-state index in [1.807, 2.05) is 48.5 Å². The van der Waals surface area contributed by atoms with Crippen LogP contribution < -0.4 is 0 Å². The van der Waals surface area contributed by atoms with E-state index in [1.165, 1.54) is 11.1 Å². The number of hydrogen-bond acceptors (Lipinski definition) is 7. The van der Waals surface area contributed by atoms with Crippen molar-refractivity contribution >= 4 is 33.4 Å². The van der Waals surface area contributed by atoms with Gasteiger partial charge >= 0.3 is 0 Å². The van der Waals surface area contributed by atoms with Crippen molar-refractivity contribution in [2.45, 2.75) is 129 Å². The summed E-state index contributed by atoms with van der Waals surface area (Å²) < 4.78 is 6.60. The quantitative estimate of drug-likeness (QED) is 0.193. The maximum Gasteiger partial charge on any atom is 0.164 e. The van der Waals surface area contributed by atoms with Crippen LogP contribution in [0, 0.1) is 62.3 Å². The van der Waals surface area contributed by atoms with Crippen LogP contribution in [0.1, 0.15) is 119 Å². The summed E-state index contributed by atoms with van der Waals surface area (Å²) in [5, 5.41) is 0. The Morgan fingerprint density at radius 1 is 0.457 bits per heavy atom. The minimum absolute atomic E-state index is 0. The summed E-state index contributed by atoms with van der Waals surface area (Å²) in [5.74, 6) is 3.92.